The molecule has 2 saturated carbocycles. The van der Waals surface area contributed by atoms with Crippen LogP contribution in [0.3, 0.4) is 0 Å². The summed E-state index contributed by atoms with van der Waals surface area (Å²) < 4.78 is 25.3. The van der Waals surface area contributed by atoms with Crippen LogP contribution in [0.4, 0.5) is 0 Å². The van der Waals surface area contributed by atoms with Crippen molar-refractivity contribution in [1.82, 2.24) is 0 Å². The number of fused-ring (bicyclic) bond motifs is 1. The lowest BCUT2D eigenvalue weighted by Crippen LogP contribution is -2.58. The molecule has 146 valence electrons. The van der Waals surface area contributed by atoms with Crippen LogP contribution in [-0.2, 0) is 18.9 Å². The number of hydrogen-bond acceptors (Lipinski definition) is 6. The quantitative estimate of drug-likeness (QED) is 0.664. The predicted molar refractivity (Wildman–Crippen MR) is 90.1 cm³/mol. The fourth-order valence-electron chi connectivity index (χ4n) is 8.73. The minimum atomic E-state index is -0.696. The first-order valence-electron chi connectivity index (χ1n) is 10.1. The Morgan fingerprint density at radius 2 is 1.85 bits per heavy atom. The van der Waals surface area contributed by atoms with E-state index in [0.29, 0.717) is 19.8 Å². The molecule has 0 bridgehead atoms. The molecule has 11 atom stereocenters. The monoisotopic (exact) mass is 366 g/mol. The third-order valence-electron chi connectivity index (χ3n) is 8.89. The van der Waals surface area contributed by atoms with Gasteiger partial charge in [0, 0.05) is 17.3 Å². The van der Waals surface area contributed by atoms with Crippen molar-refractivity contribution in [2.24, 2.45) is 34.0 Å². The zero-order chi connectivity index (χ0) is 18.3. The van der Waals surface area contributed by atoms with Crippen molar-refractivity contribution < 1.29 is 29.2 Å². The summed E-state index contributed by atoms with van der Waals surface area (Å²) in [6.45, 7) is 10.3. The van der Waals surface area contributed by atoms with Gasteiger partial charge in [-0.3, -0.25) is 0 Å². The van der Waals surface area contributed by atoms with E-state index < -0.39 is 34.7 Å². The van der Waals surface area contributed by atoms with E-state index in [4.69, 9.17) is 18.9 Å². The highest BCUT2D eigenvalue weighted by Gasteiger charge is 2.95. The normalized spacial score (nSPS) is 65.3. The van der Waals surface area contributed by atoms with Crippen LogP contribution in [0, 0.1) is 34.0 Å². The number of rotatable bonds is 0. The van der Waals surface area contributed by atoms with Gasteiger partial charge in [0.1, 0.15) is 5.60 Å². The molecule has 0 amide bonds. The Balaban J connectivity index is 1.65. The standard InChI is InChI=1S/C20H30O6/c1-9-7-24-12-10(9)19-8-25-15-11(21)13(17(2,3)4)18(20(15,19)14(12)22)5-6-23-16(18)26-19/h9-16,21-22H,5-8H2,1-4H3/t9-,10+,11-,12?,13+,14+,15?,16?,18?,19+,20?/m1/s1. The Bertz CT molecular complexity index is 661. The second kappa shape index (κ2) is 4.50. The van der Waals surface area contributed by atoms with E-state index in [1.54, 1.807) is 0 Å². The molecular formula is C20H30O6. The molecule has 4 aliphatic heterocycles. The number of ether oxygens (including phenoxy) is 4. The van der Waals surface area contributed by atoms with Crippen molar-refractivity contribution in [1.29, 1.82) is 0 Å². The summed E-state index contributed by atoms with van der Waals surface area (Å²) in [5.41, 5.74) is -1.86. The molecule has 5 unspecified atom stereocenters. The summed E-state index contributed by atoms with van der Waals surface area (Å²) in [5, 5.41) is 23.2. The highest BCUT2D eigenvalue weighted by atomic mass is 16.7. The SMILES string of the molecule is C[C@@H]1COC2[C@H]1[C@]13COC4[C@H](O)[C@@H](C(C)(C)C)C5(CCOC5O1)C43[C@H]2O. The molecule has 6 fully saturated rings. The highest BCUT2D eigenvalue weighted by Crippen LogP contribution is 2.83. The molecule has 6 heteroatoms. The lowest BCUT2D eigenvalue weighted by atomic mass is 9.52. The summed E-state index contributed by atoms with van der Waals surface area (Å²) in [4.78, 5) is 0. The topological polar surface area (TPSA) is 77.4 Å². The van der Waals surface area contributed by atoms with Gasteiger partial charge in [-0.05, 0) is 17.8 Å². The summed E-state index contributed by atoms with van der Waals surface area (Å²) in [5.74, 6) is 0.316. The summed E-state index contributed by atoms with van der Waals surface area (Å²) in [6, 6.07) is 0. The van der Waals surface area contributed by atoms with Gasteiger partial charge in [0.05, 0.1) is 49.7 Å². The predicted octanol–water partition coefficient (Wildman–Crippen LogP) is 0.936. The Morgan fingerprint density at radius 3 is 2.58 bits per heavy atom. The molecule has 2 aliphatic carbocycles. The molecule has 4 saturated heterocycles. The maximum absolute atomic E-state index is 11.7. The van der Waals surface area contributed by atoms with Crippen molar-refractivity contribution in [3.8, 4) is 0 Å². The fourth-order valence-corrected chi connectivity index (χ4v) is 8.73. The molecule has 2 spiro atoms. The van der Waals surface area contributed by atoms with Crippen molar-refractivity contribution in [3.63, 3.8) is 0 Å². The minimum Gasteiger partial charge on any atom is -0.390 e. The zero-order valence-corrected chi connectivity index (χ0v) is 16.0. The Hall–Kier alpha value is -0.240. The van der Waals surface area contributed by atoms with E-state index in [9.17, 15) is 10.2 Å². The molecule has 0 aromatic heterocycles. The molecule has 6 rings (SSSR count). The van der Waals surface area contributed by atoms with Gasteiger partial charge >= 0.3 is 0 Å². The molecular weight excluding hydrogens is 336 g/mol. The van der Waals surface area contributed by atoms with E-state index in [-0.39, 0.29) is 35.6 Å². The highest BCUT2D eigenvalue weighted by molar-refractivity contribution is 5.39. The first kappa shape index (κ1) is 16.7. The van der Waals surface area contributed by atoms with Crippen LogP contribution in [0.1, 0.15) is 34.1 Å². The van der Waals surface area contributed by atoms with Crippen molar-refractivity contribution >= 4 is 0 Å². The van der Waals surface area contributed by atoms with Gasteiger partial charge in [-0.25, -0.2) is 0 Å². The van der Waals surface area contributed by atoms with Gasteiger partial charge in [0.2, 0.25) is 0 Å². The van der Waals surface area contributed by atoms with Gasteiger partial charge in [0.15, 0.2) is 6.29 Å². The number of aliphatic hydroxyl groups excluding tert-OH is 2. The van der Waals surface area contributed by atoms with Crippen molar-refractivity contribution in [3.05, 3.63) is 0 Å². The van der Waals surface area contributed by atoms with E-state index in [1.807, 2.05) is 0 Å². The molecule has 4 heterocycles. The minimum absolute atomic E-state index is 0.0570. The van der Waals surface area contributed by atoms with E-state index in [0.717, 1.165) is 6.42 Å². The third kappa shape index (κ3) is 1.31. The average molecular weight is 366 g/mol. The molecule has 0 aromatic rings. The molecule has 6 nitrogen and oxygen atoms in total. The lowest BCUT2D eigenvalue weighted by Gasteiger charge is -2.48. The van der Waals surface area contributed by atoms with Gasteiger partial charge in [-0.2, -0.15) is 0 Å². The second-order valence-corrected chi connectivity index (χ2v) is 10.7. The van der Waals surface area contributed by atoms with Gasteiger partial charge in [-0.15, -0.1) is 0 Å². The van der Waals surface area contributed by atoms with E-state index in [1.165, 1.54) is 0 Å². The van der Waals surface area contributed by atoms with E-state index >= 15 is 0 Å². The Morgan fingerprint density at radius 1 is 1.08 bits per heavy atom. The van der Waals surface area contributed by atoms with E-state index in [2.05, 4.69) is 27.7 Å². The maximum Gasteiger partial charge on any atom is 0.165 e. The lowest BCUT2D eigenvalue weighted by molar-refractivity contribution is -0.200. The molecule has 0 radical (unpaired) electrons. The van der Waals surface area contributed by atoms with Gasteiger partial charge < -0.3 is 29.2 Å². The summed E-state index contributed by atoms with van der Waals surface area (Å²) in [7, 11) is 0. The average Bonchev–Trinajstić information content (AvgIpc) is 3.27. The summed E-state index contributed by atoms with van der Waals surface area (Å²) in [6.07, 6.45) is -1.56. The molecule has 6 aliphatic rings. The summed E-state index contributed by atoms with van der Waals surface area (Å²) >= 11 is 0. The number of aliphatic hydroxyl groups is 2. The molecule has 0 aromatic carbocycles. The molecule has 26 heavy (non-hydrogen) atoms. The second-order valence-electron chi connectivity index (χ2n) is 10.7. The maximum atomic E-state index is 11.7. The van der Waals surface area contributed by atoms with Crippen LogP contribution < -0.4 is 0 Å². The van der Waals surface area contributed by atoms with Crippen LogP contribution >= 0.6 is 0 Å². The van der Waals surface area contributed by atoms with Crippen LogP contribution in [0.2, 0.25) is 0 Å². The van der Waals surface area contributed by atoms with Crippen LogP contribution in [0.15, 0.2) is 0 Å². The van der Waals surface area contributed by atoms with Crippen molar-refractivity contribution in [2.75, 3.05) is 19.8 Å². The van der Waals surface area contributed by atoms with Crippen LogP contribution in [0.5, 0.6) is 0 Å². The van der Waals surface area contributed by atoms with Gasteiger partial charge in [-0.1, -0.05) is 27.7 Å². The van der Waals surface area contributed by atoms with Gasteiger partial charge in [0.25, 0.3) is 0 Å². The zero-order valence-electron chi connectivity index (χ0n) is 16.0. The fraction of sp³-hybridized carbons (Fsp3) is 1.00. The first-order chi connectivity index (χ1) is 12.2. The number of hydrogen-bond donors (Lipinski definition) is 2. The third-order valence-corrected chi connectivity index (χ3v) is 8.89. The van der Waals surface area contributed by atoms with Crippen molar-refractivity contribution in [2.45, 2.75) is 70.4 Å². The molecule has 2 N–H and O–H groups in total. The smallest absolute Gasteiger partial charge is 0.165 e. The first-order valence-corrected chi connectivity index (χ1v) is 10.1. The van der Waals surface area contributed by atoms with Crippen LogP contribution in [-0.4, -0.2) is 66.3 Å². The van der Waals surface area contributed by atoms with Crippen LogP contribution in [0.25, 0.3) is 0 Å². The Kier molecular flexibility index (Phi) is 2.89. The largest absolute Gasteiger partial charge is 0.390 e. The Labute approximate surface area is 154 Å².